The Morgan fingerprint density at radius 1 is 0.920 bits per heavy atom. The van der Waals surface area contributed by atoms with Crippen molar-refractivity contribution in [3.8, 4) is 0 Å². The predicted octanol–water partition coefficient (Wildman–Crippen LogP) is 4.18. The molecule has 0 aliphatic carbocycles. The van der Waals surface area contributed by atoms with Gasteiger partial charge in [-0.3, -0.25) is 19.2 Å². The van der Waals surface area contributed by atoms with Crippen LogP contribution in [0, 0.1) is 11.8 Å². The van der Waals surface area contributed by atoms with E-state index in [0.29, 0.717) is 22.7 Å². The molecule has 3 amide bonds. The highest BCUT2D eigenvalue weighted by Crippen LogP contribution is 2.56. The average molecular weight is 696 g/mol. The molecular weight excluding hydrogens is 658 g/mol. The maximum Gasteiger partial charge on any atom is 0.313 e. The zero-order valence-electron chi connectivity index (χ0n) is 27.3. The summed E-state index contributed by atoms with van der Waals surface area (Å²) < 4.78 is 12.7. The van der Waals surface area contributed by atoms with Gasteiger partial charge in [-0.15, -0.1) is 0 Å². The number of aliphatic hydroxyl groups is 1. The lowest BCUT2D eigenvalue weighted by molar-refractivity contribution is -0.160. The molecule has 4 aliphatic rings. The Labute approximate surface area is 295 Å². The zero-order chi connectivity index (χ0) is 34.8. The number of amides is 3. The number of cyclic esters (lactones) is 1. The number of hydrogen-bond donors (Lipinski definition) is 2. The number of fused-ring (bicyclic) bond motifs is 2. The number of halogens is 1. The molecule has 4 aliphatic heterocycles. The van der Waals surface area contributed by atoms with Gasteiger partial charge >= 0.3 is 5.97 Å². The van der Waals surface area contributed by atoms with Crippen molar-refractivity contribution in [1.29, 1.82) is 0 Å². The van der Waals surface area contributed by atoms with Crippen molar-refractivity contribution in [2.24, 2.45) is 11.8 Å². The molecule has 4 heterocycles. The summed E-state index contributed by atoms with van der Waals surface area (Å²) in [5.41, 5.74) is 0.457. The van der Waals surface area contributed by atoms with Crippen LogP contribution in [0.1, 0.15) is 30.1 Å². The largest absolute Gasteiger partial charge is 0.455 e. The Bertz CT molecular complexity index is 1820. The first-order chi connectivity index (χ1) is 24.3. The van der Waals surface area contributed by atoms with Gasteiger partial charge in [-0.05, 0) is 36.1 Å². The average Bonchev–Trinajstić information content (AvgIpc) is 3.78. The van der Waals surface area contributed by atoms with Crippen LogP contribution in [0.25, 0.3) is 0 Å². The highest BCUT2D eigenvalue weighted by molar-refractivity contribution is 6.34. The van der Waals surface area contributed by atoms with Crippen LogP contribution < -0.4 is 10.2 Å². The van der Waals surface area contributed by atoms with E-state index in [0.717, 1.165) is 5.56 Å². The van der Waals surface area contributed by atoms with E-state index in [-0.39, 0.29) is 31.8 Å². The number of nitrogens with one attached hydrogen (secondary N) is 1. The number of likely N-dealkylation sites (tertiary alicyclic amines) is 1. The number of allylic oxidation sites excluding steroid dienone is 1. The molecule has 2 fully saturated rings. The molecule has 0 radical (unpaired) electrons. The molecule has 7 atom stereocenters. The minimum atomic E-state index is -1.51. The van der Waals surface area contributed by atoms with E-state index in [1.54, 1.807) is 42.5 Å². The zero-order valence-corrected chi connectivity index (χ0v) is 28.0. The molecule has 5 bridgehead atoms. The van der Waals surface area contributed by atoms with Crippen LogP contribution in [0.5, 0.6) is 0 Å². The van der Waals surface area contributed by atoms with Crippen LogP contribution in [-0.2, 0) is 35.1 Å². The van der Waals surface area contributed by atoms with Gasteiger partial charge in [0.25, 0.3) is 5.91 Å². The molecular formula is C39H38ClN3O7. The number of carbonyl (C=O) groups is 4. The number of hydrogen-bond acceptors (Lipinski definition) is 7. The molecule has 11 heteroatoms. The van der Waals surface area contributed by atoms with Crippen molar-refractivity contribution in [2.45, 2.75) is 49.2 Å². The van der Waals surface area contributed by atoms with E-state index in [1.807, 2.05) is 66.7 Å². The van der Waals surface area contributed by atoms with Crippen LogP contribution in [0.3, 0.4) is 0 Å². The molecule has 2 saturated heterocycles. The van der Waals surface area contributed by atoms with Crippen LogP contribution in [-0.4, -0.2) is 77.2 Å². The normalized spacial score (nSPS) is 29.4. The highest BCUT2D eigenvalue weighted by atomic mass is 35.5. The number of nitrogens with zero attached hydrogens (tertiary/aromatic N) is 2. The summed E-state index contributed by atoms with van der Waals surface area (Å²) in [6.45, 7) is -0.314. The van der Waals surface area contributed by atoms with Gasteiger partial charge in [-0.2, -0.15) is 0 Å². The topological polar surface area (TPSA) is 125 Å². The molecule has 50 heavy (non-hydrogen) atoms. The third-order valence-corrected chi connectivity index (χ3v) is 10.4. The summed E-state index contributed by atoms with van der Waals surface area (Å²) in [5, 5.41) is 14.1. The fourth-order valence-electron chi connectivity index (χ4n) is 7.73. The van der Waals surface area contributed by atoms with Gasteiger partial charge in [0.15, 0.2) is 0 Å². The fourth-order valence-corrected chi connectivity index (χ4v) is 7.97. The highest BCUT2D eigenvalue weighted by Gasteiger charge is 2.74. The van der Waals surface area contributed by atoms with Crippen LogP contribution in [0.15, 0.2) is 109 Å². The number of para-hydroxylation sites is 1. The second-order valence-electron chi connectivity index (χ2n) is 13.0. The molecule has 0 unspecified atom stereocenters. The number of esters is 1. The fraction of sp³-hybridized carbons (Fsp3) is 0.333. The van der Waals surface area contributed by atoms with Crippen molar-refractivity contribution in [3.63, 3.8) is 0 Å². The molecule has 3 aromatic rings. The lowest BCUT2D eigenvalue weighted by atomic mass is 9.74. The minimum absolute atomic E-state index is 0.0350. The second kappa shape index (κ2) is 14.2. The standard InChI is InChI=1S/C39H38ClN3O7/c40-28-16-9-10-17-29(28)42-21-11-3-8-18-32(45)41-23-31(26-14-6-2-7-15-26)49-38(48)33-30-19-20-39(50-30)34(33)36(46)43(35(39)37(42)47)27(24-44)22-25-12-4-1-5-13-25/h1-7,9-17,19-20,27,30-31,33-35,44H,8,18,21-24H2,(H,41,45)/b11-3-/t27-,30+,31+,33-,34-,35+,39-/m1/s1. The molecule has 0 aromatic heterocycles. The Morgan fingerprint density at radius 2 is 1.64 bits per heavy atom. The van der Waals surface area contributed by atoms with Crippen molar-refractivity contribution in [2.75, 3.05) is 24.6 Å². The second-order valence-corrected chi connectivity index (χ2v) is 13.4. The summed E-state index contributed by atoms with van der Waals surface area (Å²) in [7, 11) is 0. The Hall–Kier alpha value is -4.77. The van der Waals surface area contributed by atoms with E-state index in [1.165, 1.54) is 9.80 Å². The first-order valence-corrected chi connectivity index (χ1v) is 17.3. The molecule has 2 N–H and O–H groups in total. The third-order valence-electron chi connectivity index (χ3n) is 10.1. The Balaban J connectivity index is 1.34. The maximum atomic E-state index is 15.1. The summed E-state index contributed by atoms with van der Waals surface area (Å²) in [4.78, 5) is 60.0. The lowest BCUT2D eigenvalue weighted by Gasteiger charge is -2.39. The van der Waals surface area contributed by atoms with Crippen molar-refractivity contribution < 1.29 is 33.8 Å². The molecule has 10 nitrogen and oxygen atoms in total. The summed E-state index contributed by atoms with van der Waals surface area (Å²) in [6.07, 6.45) is 6.25. The van der Waals surface area contributed by atoms with E-state index in [2.05, 4.69) is 5.32 Å². The van der Waals surface area contributed by atoms with Gasteiger partial charge in [0, 0.05) is 13.0 Å². The molecule has 0 saturated carbocycles. The molecule has 3 aromatic carbocycles. The monoisotopic (exact) mass is 695 g/mol. The minimum Gasteiger partial charge on any atom is -0.455 e. The maximum absolute atomic E-state index is 15.1. The number of benzene rings is 3. The lowest BCUT2D eigenvalue weighted by Crippen LogP contribution is -2.59. The van der Waals surface area contributed by atoms with Gasteiger partial charge in [-0.1, -0.05) is 109 Å². The van der Waals surface area contributed by atoms with E-state index < -0.39 is 66.1 Å². The summed E-state index contributed by atoms with van der Waals surface area (Å²) >= 11 is 6.68. The number of ether oxygens (including phenoxy) is 2. The number of carbonyl (C=O) groups excluding carboxylic acids is 4. The number of rotatable bonds is 6. The van der Waals surface area contributed by atoms with Crippen LogP contribution in [0.4, 0.5) is 5.69 Å². The van der Waals surface area contributed by atoms with E-state index >= 15 is 4.79 Å². The first-order valence-electron chi connectivity index (χ1n) is 16.9. The van der Waals surface area contributed by atoms with Gasteiger partial charge in [0.2, 0.25) is 11.8 Å². The van der Waals surface area contributed by atoms with Crippen molar-refractivity contribution in [1.82, 2.24) is 10.2 Å². The van der Waals surface area contributed by atoms with Crippen molar-refractivity contribution in [3.05, 3.63) is 125 Å². The predicted molar refractivity (Wildman–Crippen MR) is 186 cm³/mol. The number of aliphatic hydroxyl groups excluding tert-OH is 1. The Kier molecular flexibility index (Phi) is 9.59. The molecule has 7 rings (SSSR count). The smallest absolute Gasteiger partial charge is 0.313 e. The summed E-state index contributed by atoms with van der Waals surface area (Å²) in [5.74, 6) is -4.03. The van der Waals surface area contributed by atoms with Gasteiger partial charge in [-0.25, -0.2) is 0 Å². The van der Waals surface area contributed by atoms with Gasteiger partial charge in [0.05, 0.1) is 41.9 Å². The van der Waals surface area contributed by atoms with E-state index in [9.17, 15) is 19.5 Å². The quantitative estimate of drug-likeness (QED) is 0.293. The third kappa shape index (κ3) is 6.12. The number of anilines is 1. The Morgan fingerprint density at radius 3 is 2.38 bits per heavy atom. The molecule has 258 valence electrons. The summed E-state index contributed by atoms with van der Waals surface area (Å²) in [6, 6.07) is 23.4. The van der Waals surface area contributed by atoms with Gasteiger partial charge in [0.1, 0.15) is 23.7 Å². The van der Waals surface area contributed by atoms with Gasteiger partial charge < -0.3 is 29.7 Å². The van der Waals surface area contributed by atoms with Crippen LogP contribution in [0.2, 0.25) is 5.02 Å². The molecule has 1 spiro atoms. The SMILES string of the molecule is O=C1CC/C=C\CN(c2ccccc2Cl)C(=O)[C@@H]2N([C@@H](CO)Cc3ccccc3)C(=O)[C@H]3[C@H](C(=O)O[C@H](c4ccccc4)CN1)[C@@H]1C=C[C@]23O1. The first kappa shape index (κ1) is 33.7. The van der Waals surface area contributed by atoms with Crippen LogP contribution >= 0.6 is 11.6 Å². The van der Waals surface area contributed by atoms with E-state index in [4.69, 9.17) is 21.1 Å². The van der Waals surface area contributed by atoms with Crippen molar-refractivity contribution >= 4 is 41.0 Å².